The van der Waals surface area contributed by atoms with Gasteiger partial charge in [0.05, 0.1) is 24.0 Å². The predicted molar refractivity (Wildman–Crippen MR) is 125 cm³/mol. The summed E-state index contributed by atoms with van der Waals surface area (Å²) in [6.07, 6.45) is -1.81. The lowest BCUT2D eigenvalue weighted by Gasteiger charge is -2.14. The molecule has 1 amide bonds. The quantitative estimate of drug-likeness (QED) is 0.339. The minimum Gasteiger partial charge on any atom is -0.481 e. The molecule has 4 rings (SSSR count). The van der Waals surface area contributed by atoms with Gasteiger partial charge in [-0.05, 0) is 41.5 Å². The highest BCUT2D eigenvalue weighted by Gasteiger charge is 2.34. The number of alkyl halides is 3. The molecule has 0 aliphatic rings. The third-order valence-corrected chi connectivity index (χ3v) is 5.30. The van der Waals surface area contributed by atoms with Crippen LogP contribution in [0.5, 0.6) is 0 Å². The maximum atomic E-state index is 13.8. The van der Waals surface area contributed by atoms with E-state index in [-0.39, 0.29) is 18.4 Å². The molecule has 1 aromatic heterocycles. The largest absolute Gasteiger partial charge is 0.481 e. The lowest BCUT2D eigenvalue weighted by atomic mass is 9.96. The van der Waals surface area contributed by atoms with Crippen LogP contribution in [-0.2, 0) is 15.8 Å². The summed E-state index contributed by atoms with van der Waals surface area (Å²) in [6.45, 7) is 0. The molecular formula is C26H20F3N3O3. The summed E-state index contributed by atoms with van der Waals surface area (Å²) in [7, 11) is 0. The van der Waals surface area contributed by atoms with Gasteiger partial charge in [0.2, 0.25) is 5.91 Å². The molecule has 178 valence electrons. The monoisotopic (exact) mass is 479 g/mol. The number of carboxylic acid groups (broad SMARTS) is 1. The van der Waals surface area contributed by atoms with Gasteiger partial charge in [-0.3, -0.25) is 9.59 Å². The van der Waals surface area contributed by atoms with E-state index in [1.165, 1.54) is 12.4 Å². The molecule has 6 nitrogen and oxygen atoms in total. The first kappa shape index (κ1) is 23.7. The summed E-state index contributed by atoms with van der Waals surface area (Å²) in [6, 6.07) is 19.3. The number of hydrogen-bond acceptors (Lipinski definition) is 3. The van der Waals surface area contributed by atoms with Crippen molar-refractivity contribution in [1.82, 2.24) is 9.55 Å². The van der Waals surface area contributed by atoms with Crippen LogP contribution in [0.4, 0.5) is 18.9 Å². The smallest absolute Gasteiger partial charge is 0.417 e. The Hall–Kier alpha value is -4.40. The number of carboxylic acids is 1. The maximum absolute atomic E-state index is 13.8. The van der Waals surface area contributed by atoms with Gasteiger partial charge in [-0.1, -0.05) is 42.5 Å². The van der Waals surface area contributed by atoms with Crippen LogP contribution in [-0.4, -0.2) is 26.5 Å². The highest BCUT2D eigenvalue weighted by molar-refractivity contribution is 5.92. The molecule has 0 fully saturated rings. The summed E-state index contributed by atoms with van der Waals surface area (Å²) in [5.74, 6) is -1.46. The van der Waals surface area contributed by atoms with Gasteiger partial charge in [-0.2, -0.15) is 13.2 Å². The number of hydrogen-bond donors (Lipinski definition) is 2. The second-order valence-electron chi connectivity index (χ2n) is 7.78. The molecular weight excluding hydrogens is 459 g/mol. The molecule has 35 heavy (non-hydrogen) atoms. The molecule has 0 bridgehead atoms. The molecule has 9 heteroatoms. The number of benzene rings is 3. The Morgan fingerprint density at radius 1 is 0.914 bits per heavy atom. The van der Waals surface area contributed by atoms with E-state index >= 15 is 0 Å². The number of imidazole rings is 1. The Bertz CT molecular complexity index is 1350. The van der Waals surface area contributed by atoms with Gasteiger partial charge in [-0.25, -0.2) is 4.98 Å². The van der Waals surface area contributed by atoms with Crippen LogP contribution < -0.4 is 5.32 Å². The number of amides is 1. The zero-order valence-electron chi connectivity index (χ0n) is 18.3. The molecule has 0 saturated heterocycles. The zero-order chi connectivity index (χ0) is 25.0. The van der Waals surface area contributed by atoms with Crippen molar-refractivity contribution in [3.8, 4) is 28.1 Å². The van der Waals surface area contributed by atoms with Crippen molar-refractivity contribution < 1.29 is 27.9 Å². The third-order valence-electron chi connectivity index (χ3n) is 5.30. The number of aromatic nitrogens is 2. The van der Waals surface area contributed by atoms with Crippen molar-refractivity contribution in [2.45, 2.75) is 19.0 Å². The van der Waals surface area contributed by atoms with E-state index in [1.807, 2.05) is 0 Å². The summed E-state index contributed by atoms with van der Waals surface area (Å²) in [5.41, 5.74) is 1.73. The zero-order valence-corrected chi connectivity index (χ0v) is 18.3. The first-order valence-corrected chi connectivity index (χ1v) is 10.6. The number of carbonyl (C=O) groups is 2. The molecule has 0 spiro atoms. The molecule has 0 unspecified atom stereocenters. The summed E-state index contributed by atoms with van der Waals surface area (Å²) >= 11 is 0. The fraction of sp³-hybridized carbons (Fsp3) is 0.115. The lowest BCUT2D eigenvalue weighted by molar-refractivity contribution is -0.138. The topological polar surface area (TPSA) is 84.2 Å². The number of anilines is 1. The fourth-order valence-electron chi connectivity index (χ4n) is 3.58. The van der Waals surface area contributed by atoms with Gasteiger partial charge in [-0.15, -0.1) is 0 Å². The van der Waals surface area contributed by atoms with E-state index in [4.69, 9.17) is 5.11 Å². The summed E-state index contributed by atoms with van der Waals surface area (Å²) < 4.78 is 43.2. The van der Waals surface area contributed by atoms with Crippen LogP contribution in [0, 0.1) is 0 Å². The maximum Gasteiger partial charge on any atom is 0.417 e. The first-order valence-electron chi connectivity index (χ1n) is 10.6. The summed E-state index contributed by atoms with van der Waals surface area (Å²) in [4.78, 5) is 26.6. The van der Waals surface area contributed by atoms with Crippen molar-refractivity contribution in [2.75, 3.05) is 5.32 Å². The van der Waals surface area contributed by atoms with Gasteiger partial charge in [0.25, 0.3) is 0 Å². The van der Waals surface area contributed by atoms with E-state index in [2.05, 4.69) is 10.3 Å². The third kappa shape index (κ3) is 5.75. The normalized spacial score (nSPS) is 11.3. The number of aliphatic carboxylic acids is 1. The Labute approximate surface area is 198 Å². The fourth-order valence-corrected chi connectivity index (χ4v) is 3.58. The van der Waals surface area contributed by atoms with Crippen LogP contribution >= 0.6 is 0 Å². The van der Waals surface area contributed by atoms with Crippen molar-refractivity contribution >= 4 is 17.6 Å². The van der Waals surface area contributed by atoms with E-state index < -0.39 is 23.6 Å². The Kier molecular flexibility index (Phi) is 6.68. The van der Waals surface area contributed by atoms with Crippen LogP contribution in [0.3, 0.4) is 0 Å². The van der Waals surface area contributed by atoms with Gasteiger partial charge < -0.3 is 15.0 Å². The number of nitrogens with zero attached hydrogens (tertiary/aromatic N) is 2. The number of carbonyl (C=O) groups excluding carboxylic acids is 1. The molecule has 2 N–H and O–H groups in total. The first-order chi connectivity index (χ1) is 16.7. The van der Waals surface area contributed by atoms with Crippen molar-refractivity contribution in [1.29, 1.82) is 0 Å². The molecule has 1 heterocycles. The molecule has 4 aromatic rings. The molecule has 3 aromatic carbocycles. The highest BCUT2D eigenvalue weighted by Crippen LogP contribution is 2.39. The Morgan fingerprint density at radius 2 is 1.63 bits per heavy atom. The molecule has 0 radical (unpaired) electrons. The van der Waals surface area contributed by atoms with E-state index in [0.717, 1.165) is 6.07 Å². The number of rotatable bonds is 7. The van der Waals surface area contributed by atoms with E-state index in [9.17, 15) is 22.8 Å². The minimum absolute atomic E-state index is 0.0993. The average Bonchev–Trinajstić information content (AvgIpc) is 3.33. The average molecular weight is 479 g/mol. The second kappa shape index (κ2) is 9.84. The van der Waals surface area contributed by atoms with Gasteiger partial charge in [0.15, 0.2) is 0 Å². The summed E-state index contributed by atoms with van der Waals surface area (Å²) in [5, 5.41) is 11.3. The number of nitrogens with one attached hydrogen (secondary N) is 1. The van der Waals surface area contributed by atoms with E-state index in [0.29, 0.717) is 28.2 Å². The van der Waals surface area contributed by atoms with Crippen molar-refractivity contribution in [3.05, 3.63) is 90.9 Å². The number of halogens is 3. The minimum atomic E-state index is -4.53. The predicted octanol–water partition coefficient (Wildman–Crippen LogP) is 6.03. The molecule has 0 saturated carbocycles. The van der Waals surface area contributed by atoms with Crippen molar-refractivity contribution in [3.63, 3.8) is 0 Å². The molecule has 0 aliphatic carbocycles. The van der Waals surface area contributed by atoms with Crippen LogP contribution in [0.1, 0.15) is 18.4 Å². The van der Waals surface area contributed by atoms with Crippen LogP contribution in [0.15, 0.2) is 85.3 Å². The standard InChI is InChI=1S/C26H20F3N3O3/c27-26(28,29)22-14-18(6-11-21(22)17-4-2-1-3-5-17)23-15-32(16-30-23)20-9-7-19(8-10-20)31-24(33)12-13-25(34)35/h1-11,14-16H,12-13H2,(H,31,33)(H,34,35). The second-order valence-corrected chi connectivity index (χ2v) is 7.78. The molecule has 0 atom stereocenters. The Balaban J connectivity index is 1.55. The van der Waals surface area contributed by atoms with Crippen molar-refractivity contribution in [2.24, 2.45) is 0 Å². The lowest BCUT2D eigenvalue weighted by Crippen LogP contribution is -2.13. The SMILES string of the molecule is O=C(O)CCC(=O)Nc1ccc(-n2cnc(-c3ccc(-c4ccccc4)c(C(F)(F)F)c3)c2)cc1. The van der Waals surface area contributed by atoms with Crippen LogP contribution in [0.2, 0.25) is 0 Å². The van der Waals surface area contributed by atoms with Crippen LogP contribution in [0.25, 0.3) is 28.1 Å². The van der Waals surface area contributed by atoms with Gasteiger partial charge in [0, 0.05) is 29.6 Å². The van der Waals surface area contributed by atoms with Gasteiger partial charge >= 0.3 is 12.1 Å². The Morgan fingerprint density at radius 3 is 2.29 bits per heavy atom. The van der Waals surface area contributed by atoms with Gasteiger partial charge in [0.1, 0.15) is 0 Å². The highest BCUT2D eigenvalue weighted by atomic mass is 19.4. The molecule has 0 aliphatic heterocycles. The van der Waals surface area contributed by atoms with E-state index in [1.54, 1.807) is 71.4 Å².